The van der Waals surface area contributed by atoms with Crippen molar-refractivity contribution in [2.75, 3.05) is 26.4 Å². The largest absolute Gasteiger partial charge is 0.339 e. The van der Waals surface area contributed by atoms with Gasteiger partial charge in [-0.1, -0.05) is 0 Å². The summed E-state index contributed by atoms with van der Waals surface area (Å²) in [6.07, 6.45) is 0. The minimum absolute atomic E-state index is 0.0434. The second-order valence-electron chi connectivity index (χ2n) is 8.46. The molecule has 0 saturated carbocycles. The predicted octanol–water partition coefficient (Wildman–Crippen LogP) is 6.30. The van der Waals surface area contributed by atoms with Gasteiger partial charge in [0, 0.05) is 22.3 Å². The monoisotopic (exact) mass is 600 g/mol. The molecule has 8 rings (SSSR count). The van der Waals surface area contributed by atoms with Gasteiger partial charge in [0.15, 0.2) is 20.5 Å². The smallest absolute Gasteiger partial charge is 0.257 e. The number of rotatable bonds is 0. The summed E-state index contributed by atoms with van der Waals surface area (Å²) < 4.78 is 77.5. The molecule has 38 heavy (non-hydrogen) atoms. The summed E-state index contributed by atoms with van der Waals surface area (Å²) in [6.45, 7) is 1.36. The lowest BCUT2D eigenvalue weighted by atomic mass is 9.85. The summed E-state index contributed by atoms with van der Waals surface area (Å²) in [6, 6.07) is 4.80. The molecule has 0 amide bonds. The molecule has 2 spiro atoms. The molecule has 0 N–H and O–H groups in total. The molecule has 0 unspecified atom stereocenters. The van der Waals surface area contributed by atoms with E-state index in [0.29, 0.717) is 57.1 Å². The van der Waals surface area contributed by atoms with E-state index in [0.717, 1.165) is 57.5 Å². The Bertz CT molecular complexity index is 1520. The molecule has 2 aliphatic heterocycles. The van der Waals surface area contributed by atoms with E-state index < -0.39 is 33.4 Å². The van der Waals surface area contributed by atoms with E-state index >= 15 is 0 Å². The summed E-state index contributed by atoms with van der Waals surface area (Å²) in [5, 5.41) is -1.85. The quantitative estimate of drug-likeness (QED) is 0.174. The van der Waals surface area contributed by atoms with Gasteiger partial charge in [-0.2, -0.15) is 17.6 Å². The average Bonchev–Trinajstić information content (AvgIpc) is 3.69. The molecule has 2 aliphatic carbocycles. The zero-order valence-electron chi connectivity index (χ0n) is 18.7. The van der Waals surface area contributed by atoms with Crippen molar-refractivity contribution < 1.29 is 46.1 Å². The van der Waals surface area contributed by atoms with E-state index in [9.17, 15) is 27.2 Å². The normalized spacial score (nSPS) is 19.8. The fourth-order valence-electron chi connectivity index (χ4n) is 5.06. The Morgan fingerprint density at radius 1 is 0.526 bits per heavy atom. The third-order valence-electron chi connectivity index (χ3n) is 6.45. The first kappa shape index (κ1) is 24.7. The van der Waals surface area contributed by atoms with Crippen LogP contribution in [0.1, 0.15) is 31.8 Å². The van der Waals surface area contributed by atoms with Crippen LogP contribution in [0.15, 0.2) is 24.3 Å². The molecular formula is C24H12F4O6S4. The first-order chi connectivity index (χ1) is 18.2. The summed E-state index contributed by atoms with van der Waals surface area (Å²) in [5.74, 6) is -4.28. The van der Waals surface area contributed by atoms with Gasteiger partial charge in [0.1, 0.15) is 0 Å². The molecule has 2 saturated heterocycles. The van der Waals surface area contributed by atoms with Crippen molar-refractivity contribution in [3.05, 3.63) is 67.0 Å². The number of carbonyl (C=O) groups excluding carboxylic acids is 2. The Morgan fingerprint density at radius 2 is 0.842 bits per heavy atom. The molecule has 14 heteroatoms. The van der Waals surface area contributed by atoms with Crippen molar-refractivity contribution in [2.24, 2.45) is 0 Å². The van der Waals surface area contributed by atoms with E-state index in [1.807, 2.05) is 0 Å². The molecule has 6 heterocycles. The SMILES string of the molecule is Fc1cc2c(s1)-c1sc(F)cc1C1(OCCO1)C21OCCO1.O=C1C(=O)c2cc(F)sc2-c2sc(F)cc21. The van der Waals surface area contributed by atoms with E-state index in [1.165, 1.54) is 12.1 Å². The molecule has 6 nitrogen and oxygen atoms in total. The molecule has 0 radical (unpaired) electrons. The second-order valence-corrected chi connectivity index (χ2v) is 12.5. The average molecular weight is 601 g/mol. The van der Waals surface area contributed by atoms with Gasteiger partial charge >= 0.3 is 0 Å². The topological polar surface area (TPSA) is 71.1 Å². The van der Waals surface area contributed by atoms with Crippen molar-refractivity contribution in [3.8, 4) is 19.5 Å². The van der Waals surface area contributed by atoms with Crippen LogP contribution in [0.25, 0.3) is 19.5 Å². The van der Waals surface area contributed by atoms with Crippen LogP contribution in [0, 0.1) is 20.5 Å². The van der Waals surface area contributed by atoms with Crippen molar-refractivity contribution in [1.29, 1.82) is 0 Å². The Labute approximate surface area is 227 Å². The number of Topliss-reactive ketones (excluding diaryl/α,β-unsaturated/α-hetero) is 2. The molecule has 0 atom stereocenters. The Kier molecular flexibility index (Phi) is 5.59. The molecular weight excluding hydrogens is 589 g/mol. The van der Waals surface area contributed by atoms with E-state index in [-0.39, 0.29) is 21.4 Å². The van der Waals surface area contributed by atoms with E-state index in [1.54, 1.807) is 0 Å². The number of fused-ring (bicyclic) bond motifs is 9. The molecule has 4 aliphatic rings. The third-order valence-corrected chi connectivity index (χ3v) is 10.5. The second kappa shape index (κ2) is 8.60. The highest BCUT2D eigenvalue weighted by atomic mass is 32.1. The summed E-state index contributed by atoms with van der Waals surface area (Å²) >= 11 is 3.42. The first-order valence-corrected chi connectivity index (χ1v) is 14.3. The van der Waals surface area contributed by atoms with Gasteiger partial charge in [0.2, 0.25) is 11.6 Å². The number of ether oxygens (including phenoxy) is 4. The van der Waals surface area contributed by atoms with Gasteiger partial charge in [-0.25, -0.2) is 0 Å². The predicted molar refractivity (Wildman–Crippen MR) is 131 cm³/mol. The lowest BCUT2D eigenvalue weighted by molar-refractivity contribution is -0.365. The molecule has 196 valence electrons. The number of hydrogen-bond acceptors (Lipinski definition) is 10. The van der Waals surface area contributed by atoms with Gasteiger partial charge in [-0.05, 0) is 24.3 Å². The van der Waals surface area contributed by atoms with Crippen LogP contribution in [0.3, 0.4) is 0 Å². The maximum atomic E-state index is 13.9. The number of ketones is 2. The van der Waals surface area contributed by atoms with E-state index in [2.05, 4.69) is 0 Å². The van der Waals surface area contributed by atoms with Gasteiger partial charge < -0.3 is 18.9 Å². The zero-order chi connectivity index (χ0) is 26.4. The minimum Gasteiger partial charge on any atom is -0.339 e. The highest BCUT2D eigenvalue weighted by Crippen LogP contribution is 2.62. The van der Waals surface area contributed by atoms with Crippen molar-refractivity contribution in [1.82, 2.24) is 0 Å². The van der Waals surface area contributed by atoms with Crippen LogP contribution in [0.4, 0.5) is 17.6 Å². The number of thiophene rings is 4. The van der Waals surface area contributed by atoms with Crippen molar-refractivity contribution in [3.63, 3.8) is 0 Å². The van der Waals surface area contributed by atoms with Gasteiger partial charge in [0.05, 0.1) is 45.9 Å². The highest BCUT2D eigenvalue weighted by molar-refractivity contribution is 7.22. The van der Waals surface area contributed by atoms with Gasteiger partial charge in [-0.15, -0.1) is 45.3 Å². The summed E-state index contributed by atoms with van der Waals surface area (Å²) in [7, 11) is 0. The van der Waals surface area contributed by atoms with Gasteiger partial charge in [-0.3, -0.25) is 9.59 Å². The summed E-state index contributed by atoms with van der Waals surface area (Å²) in [4.78, 5) is 25.1. The lowest BCUT2D eigenvalue weighted by Gasteiger charge is -2.44. The molecule has 4 aromatic heterocycles. The van der Waals surface area contributed by atoms with E-state index in [4.69, 9.17) is 18.9 Å². The first-order valence-electron chi connectivity index (χ1n) is 11.1. The van der Waals surface area contributed by atoms with Crippen LogP contribution in [-0.2, 0) is 30.5 Å². The fraction of sp³-hybridized carbons (Fsp3) is 0.250. The zero-order valence-corrected chi connectivity index (χ0v) is 22.0. The van der Waals surface area contributed by atoms with Crippen LogP contribution in [-0.4, -0.2) is 38.0 Å². The molecule has 0 aromatic carbocycles. The van der Waals surface area contributed by atoms with Crippen molar-refractivity contribution >= 4 is 56.9 Å². The third kappa shape index (κ3) is 3.29. The van der Waals surface area contributed by atoms with Gasteiger partial charge in [0.25, 0.3) is 11.6 Å². The molecule has 0 bridgehead atoms. The van der Waals surface area contributed by atoms with Crippen LogP contribution in [0.5, 0.6) is 0 Å². The number of carbonyl (C=O) groups is 2. The maximum absolute atomic E-state index is 13.9. The summed E-state index contributed by atoms with van der Waals surface area (Å²) in [5.41, 5.74) is 1.12. The highest BCUT2D eigenvalue weighted by Gasteiger charge is 2.67. The number of hydrogen-bond donors (Lipinski definition) is 0. The number of halogens is 4. The Balaban J connectivity index is 0.000000134. The lowest BCUT2D eigenvalue weighted by Crippen LogP contribution is -2.53. The molecule has 2 fully saturated rings. The fourth-order valence-corrected chi connectivity index (χ4v) is 8.99. The standard InChI is InChI=1S/C14H10F2O4S2.C10H2F2O2S2/c15-9-5-7-11(21-9)12-8(6-10(16)22-12)14(19-3-4-20-14)13(7)17-1-2-18-13;11-5-1-3-7(13)8(14)4-2-6(12)16-10(4)9(3)15-5/h5-6H,1-4H2;1-2H. The Hall–Kier alpha value is -2.30. The van der Waals surface area contributed by atoms with Crippen LogP contribution < -0.4 is 0 Å². The van der Waals surface area contributed by atoms with Crippen molar-refractivity contribution in [2.45, 2.75) is 11.6 Å². The Morgan fingerprint density at radius 3 is 1.21 bits per heavy atom. The minimum atomic E-state index is -1.37. The van der Waals surface area contributed by atoms with Crippen LogP contribution >= 0.6 is 45.3 Å². The van der Waals surface area contributed by atoms with Crippen LogP contribution in [0.2, 0.25) is 0 Å². The maximum Gasteiger partial charge on any atom is 0.257 e. The molecule has 4 aromatic rings.